The molecule has 130 valence electrons. The number of hydrogen-bond acceptors (Lipinski definition) is 4. The fourth-order valence-corrected chi connectivity index (χ4v) is 2.60. The van der Waals surface area contributed by atoms with Gasteiger partial charge >= 0.3 is 0 Å². The second-order valence-corrected chi connectivity index (χ2v) is 6.76. The molecule has 0 saturated carbocycles. The number of nitrogens with zero attached hydrogens (tertiary/aromatic N) is 1. The quantitative estimate of drug-likeness (QED) is 0.678. The normalized spacial score (nSPS) is 11.3. The lowest BCUT2D eigenvalue weighted by Gasteiger charge is -2.11. The minimum absolute atomic E-state index is 0.0835. The Morgan fingerprint density at radius 1 is 1.08 bits per heavy atom. The molecule has 1 amide bonds. The summed E-state index contributed by atoms with van der Waals surface area (Å²) in [6.07, 6.45) is 0. The molecule has 3 aromatic rings. The first kappa shape index (κ1) is 17.0. The maximum absolute atomic E-state index is 12.0. The zero-order valence-corrected chi connectivity index (χ0v) is 15.1. The summed E-state index contributed by atoms with van der Waals surface area (Å²) in [7, 11) is 0. The van der Waals surface area contributed by atoms with E-state index >= 15 is 0 Å². The van der Waals surface area contributed by atoms with Gasteiger partial charge in [0.2, 0.25) is 11.8 Å². The van der Waals surface area contributed by atoms with E-state index in [0.29, 0.717) is 28.3 Å². The highest BCUT2D eigenvalue weighted by Crippen LogP contribution is 2.36. The molecule has 0 aliphatic carbocycles. The lowest BCUT2D eigenvalue weighted by molar-refractivity contribution is -0.118. The van der Waals surface area contributed by atoms with Crippen LogP contribution in [0.15, 0.2) is 28.7 Å². The van der Waals surface area contributed by atoms with E-state index in [1.165, 1.54) is 0 Å². The third-order valence-corrected chi connectivity index (χ3v) is 4.33. The number of aromatic hydroxyl groups is 1. The van der Waals surface area contributed by atoms with Crippen molar-refractivity contribution in [1.29, 1.82) is 0 Å². The van der Waals surface area contributed by atoms with Crippen LogP contribution in [-0.2, 0) is 4.79 Å². The Bertz CT molecular complexity index is 932. The summed E-state index contributed by atoms with van der Waals surface area (Å²) in [6.45, 7) is 9.47. The summed E-state index contributed by atoms with van der Waals surface area (Å²) in [5, 5.41) is 13.3. The predicted molar refractivity (Wildman–Crippen MR) is 98.8 cm³/mol. The van der Waals surface area contributed by atoms with Crippen LogP contribution in [0.2, 0.25) is 0 Å². The lowest BCUT2D eigenvalue weighted by Crippen LogP contribution is -2.17. The van der Waals surface area contributed by atoms with Crippen LogP contribution in [0.1, 0.15) is 30.5 Å². The average Bonchev–Trinajstić information content (AvgIpc) is 2.93. The van der Waals surface area contributed by atoms with Crippen LogP contribution in [0.4, 0.5) is 5.69 Å². The Balaban J connectivity index is 2.09. The van der Waals surface area contributed by atoms with Crippen LogP contribution < -0.4 is 5.32 Å². The standard InChI is InChI=1S/C20H22N2O3/c1-10(2)19(24)21-14-6-13(5)18(23)15(9-14)20-22-16-7-11(3)12(4)8-17(16)25-20/h6-10,23H,1-5H3,(H,21,24). The van der Waals surface area contributed by atoms with Crippen molar-refractivity contribution in [3.63, 3.8) is 0 Å². The topological polar surface area (TPSA) is 75.4 Å². The van der Waals surface area contributed by atoms with E-state index in [1.54, 1.807) is 19.1 Å². The molecule has 0 atom stereocenters. The van der Waals surface area contributed by atoms with Crippen LogP contribution in [0.5, 0.6) is 5.75 Å². The number of phenols is 1. The highest BCUT2D eigenvalue weighted by Gasteiger charge is 2.17. The number of phenolic OH excluding ortho intramolecular Hbond substituents is 1. The van der Waals surface area contributed by atoms with E-state index in [2.05, 4.69) is 10.3 Å². The van der Waals surface area contributed by atoms with Gasteiger partial charge in [-0.05, 0) is 61.7 Å². The number of carbonyl (C=O) groups is 1. The number of hydrogen-bond donors (Lipinski definition) is 2. The predicted octanol–water partition coefficient (Wildman–Crippen LogP) is 4.72. The molecule has 0 spiro atoms. The minimum atomic E-state index is -0.132. The van der Waals surface area contributed by atoms with E-state index < -0.39 is 0 Å². The molecule has 3 rings (SSSR count). The molecule has 0 radical (unpaired) electrons. The van der Waals surface area contributed by atoms with Crippen LogP contribution in [0, 0.1) is 26.7 Å². The van der Waals surface area contributed by atoms with Crippen molar-refractivity contribution in [3.05, 3.63) is 41.0 Å². The van der Waals surface area contributed by atoms with Crippen molar-refractivity contribution in [2.45, 2.75) is 34.6 Å². The number of aromatic nitrogens is 1. The number of amides is 1. The van der Waals surface area contributed by atoms with E-state index in [1.807, 2.05) is 39.8 Å². The molecule has 2 aromatic carbocycles. The van der Waals surface area contributed by atoms with Gasteiger partial charge in [-0.15, -0.1) is 0 Å². The van der Waals surface area contributed by atoms with Gasteiger partial charge in [0.25, 0.3) is 0 Å². The van der Waals surface area contributed by atoms with Gasteiger partial charge in [0.05, 0.1) is 5.56 Å². The number of oxazole rings is 1. The van der Waals surface area contributed by atoms with E-state index in [4.69, 9.17) is 4.42 Å². The van der Waals surface area contributed by atoms with Crippen LogP contribution >= 0.6 is 0 Å². The van der Waals surface area contributed by atoms with Crippen molar-refractivity contribution >= 4 is 22.7 Å². The van der Waals surface area contributed by atoms with Crippen molar-refractivity contribution in [2.75, 3.05) is 5.32 Å². The van der Waals surface area contributed by atoms with Crippen LogP contribution in [-0.4, -0.2) is 16.0 Å². The Morgan fingerprint density at radius 2 is 1.76 bits per heavy atom. The molecule has 1 aromatic heterocycles. The molecule has 0 aliphatic heterocycles. The van der Waals surface area contributed by atoms with Crippen LogP contribution in [0.3, 0.4) is 0 Å². The first-order valence-electron chi connectivity index (χ1n) is 8.29. The summed E-state index contributed by atoms with van der Waals surface area (Å²) < 4.78 is 5.85. The summed E-state index contributed by atoms with van der Waals surface area (Å²) in [4.78, 5) is 16.5. The van der Waals surface area contributed by atoms with Gasteiger partial charge in [-0.2, -0.15) is 0 Å². The van der Waals surface area contributed by atoms with Crippen LogP contribution in [0.25, 0.3) is 22.6 Å². The van der Waals surface area contributed by atoms with Crippen molar-refractivity contribution in [2.24, 2.45) is 5.92 Å². The maximum atomic E-state index is 12.0. The molecule has 0 unspecified atom stereocenters. The van der Waals surface area contributed by atoms with Gasteiger partial charge in [-0.25, -0.2) is 4.98 Å². The van der Waals surface area contributed by atoms with E-state index in [0.717, 1.165) is 16.6 Å². The van der Waals surface area contributed by atoms with Gasteiger partial charge in [0, 0.05) is 11.6 Å². The molecular formula is C20H22N2O3. The number of benzene rings is 2. The Kier molecular flexibility index (Phi) is 4.25. The molecule has 0 bridgehead atoms. The first-order chi connectivity index (χ1) is 11.8. The molecule has 5 nitrogen and oxygen atoms in total. The molecule has 0 fully saturated rings. The Morgan fingerprint density at radius 3 is 2.44 bits per heavy atom. The smallest absolute Gasteiger partial charge is 0.231 e. The number of nitrogens with one attached hydrogen (secondary N) is 1. The molecular weight excluding hydrogens is 316 g/mol. The zero-order chi connectivity index (χ0) is 18.3. The largest absolute Gasteiger partial charge is 0.507 e. The molecule has 0 saturated heterocycles. The third kappa shape index (κ3) is 3.22. The van der Waals surface area contributed by atoms with Crippen molar-refractivity contribution in [1.82, 2.24) is 4.98 Å². The maximum Gasteiger partial charge on any atom is 0.231 e. The second-order valence-electron chi connectivity index (χ2n) is 6.76. The number of carbonyl (C=O) groups excluding carboxylic acids is 1. The molecule has 25 heavy (non-hydrogen) atoms. The molecule has 2 N–H and O–H groups in total. The second kappa shape index (κ2) is 6.24. The summed E-state index contributed by atoms with van der Waals surface area (Å²) in [5.74, 6) is 0.219. The Labute approximate surface area is 146 Å². The van der Waals surface area contributed by atoms with E-state index in [-0.39, 0.29) is 17.6 Å². The Hall–Kier alpha value is -2.82. The molecule has 0 aliphatic rings. The minimum Gasteiger partial charge on any atom is -0.507 e. The number of aryl methyl sites for hydroxylation is 3. The van der Waals surface area contributed by atoms with Gasteiger partial charge < -0.3 is 14.8 Å². The van der Waals surface area contributed by atoms with Gasteiger partial charge in [-0.3, -0.25) is 4.79 Å². The first-order valence-corrected chi connectivity index (χ1v) is 8.29. The van der Waals surface area contributed by atoms with Gasteiger partial charge in [0.1, 0.15) is 11.3 Å². The average molecular weight is 338 g/mol. The monoisotopic (exact) mass is 338 g/mol. The highest BCUT2D eigenvalue weighted by molar-refractivity contribution is 5.93. The molecule has 5 heteroatoms. The molecule has 1 heterocycles. The summed E-state index contributed by atoms with van der Waals surface area (Å²) >= 11 is 0. The fourth-order valence-electron chi connectivity index (χ4n) is 2.60. The third-order valence-electron chi connectivity index (χ3n) is 4.33. The lowest BCUT2D eigenvalue weighted by atomic mass is 10.1. The van der Waals surface area contributed by atoms with E-state index in [9.17, 15) is 9.90 Å². The SMILES string of the molecule is Cc1cc2nc(-c3cc(NC(=O)C(C)C)cc(C)c3O)oc2cc1C. The summed E-state index contributed by atoms with van der Waals surface area (Å²) in [6, 6.07) is 7.32. The number of fused-ring (bicyclic) bond motifs is 1. The fraction of sp³-hybridized carbons (Fsp3) is 0.300. The number of anilines is 1. The van der Waals surface area contributed by atoms with Crippen molar-refractivity contribution in [3.8, 4) is 17.2 Å². The van der Waals surface area contributed by atoms with Crippen molar-refractivity contribution < 1.29 is 14.3 Å². The number of rotatable bonds is 3. The zero-order valence-electron chi connectivity index (χ0n) is 15.1. The van der Waals surface area contributed by atoms with Gasteiger partial charge in [0.15, 0.2) is 5.58 Å². The van der Waals surface area contributed by atoms with Gasteiger partial charge in [-0.1, -0.05) is 13.8 Å². The summed E-state index contributed by atoms with van der Waals surface area (Å²) in [5.41, 5.74) is 5.38. The highest BCUT2D eigenvalue weighted by atomic mass is 16.3.